The number of hydrogen-bond donors (Lipinski definition) is 0. The summed E-state index contributed by atoms with van der Waals surface area (Å²) in [6.45, 7) is 11.0. The molecule has 0 N–H and O–H groups in total. The molecule has 1 fully saturated rings. The molecule has 0 aromatic carbocycles. The van der Waals surface area contributed by atoms with E-state index in [9.17, 15) is 4.79 Å². The van der Waals surface area contributed by atoms with Crippen LogP contribution in [-0.4, -0.2) is 41.5 Å². The monoisotopic (exact) mass is 227 g/mol. The van der Waals surface area contributed by atoms with Crippen molar-refractivity contribution >= 4 is 5.78 Å². The van der Waals surface area contributed by atoms with Gasteiger partial charge in [-0.3, -0.25) is 9.69 Å². The molecule has 0 atom stereocenters. The Morgan fingerprint density at radius 1 is 1.25 bits per heavy atom. The van der Waals surface area contributed by atoms with Crippen LogP contribution >= 0.6 is 0 Å². The minimum atomic E-state index is 0.0219. The molecule has 0 amide bonds. The van der Waals surface area contributed by atoms with Crippen molar-refractivity contribution < 1.29 is 9.53 Å². The average Bonchev–Trinajstić information content (AvgIpc) is 2.10. The molecule has 1 heterocycles. The Balaban J connectivity index is 2.91. The smallest absolute Gasteiger partial charge is 0.143 e. The Kier molecular flexibility index (Phi) is 3.80. The van der Waals surface area contributed by atoms with Crippen LogP contribution < -0.4 is 0 Å². The summed E-state index contributed by atoms with van der Waals surface area (Å²) >= 11 is 0. The number of ketones is 1. The van der Waals surface area contributed by atoms with Gasteiger partial charge in [-0.05, 0) is 47.5 Å². The van der Waals surface area contributed by atoms with E-state index in [0.29, 0.717) is 12.6 Å². The average molecular weight is 227 g/mol. The quantitative estimate of drug-likeness (QED) is 0.740. The van der Waals surface area contributed by atoms with Crippen molar-refractivity contribution in [1.29, 1.82) is 0 Å². The molecule has 3 nitrogen and oxygen atoms in total. The van der Waals surface area contributed by atoms with E-state index in [0.717, 1.165) is 12.8 Å². The molecule has 16 heavy (non-hydrogen) atoms. The molecule has 3 heteroatoms. The van der Waals surface area contributed by atoms with Gasteiger partial charge in [-0.25, -0.2) is 0 Å². The predicted molar refractivity (Wildman–Crippen MR) is 65.6 cm³/mol. The van der Waals surface area contributed by atoms with E-state index in [-0.39, 0.29) is 16.9 Å². The van der Waals surface area contributed by atoms with Gasteiger partial charge in [-0.2, -0.15) is 0 Å². The van der Waals surface area contributed by atoms with Gasteiger partial charge in [0.05, 0.1) is 12.6 Å². The molecule has 0 aliphatic carbocycles. The minimum absolute atomic E-state index is 0.0219. The zero-order valence-corrected chi connectivity index (χ0v) is 11.5. The van der Waals surface area contributed by atoms with E-state index >= 15 is 0 Å². The van der Waals surface area contributed by atoms with Gasteiger partial charge in [0, 0.05) is 18.2 Å². The zero-order chi connectivity index (χ0) is 12.6. The molecule has 0 saturated carbocycles. The molecule has 0 bridgehead atoms. The number of hydrogen-bond acceptors (Lipinski definition) is 3. The van der Waals surface area contributed by atoms with Crippen molar-refractivity contribution in [3.05, 3.63) is 0 Å². The molecule has 1 rings (SSSR count). The minimum Gasteiger partial charge on any atom is -0.381 e. The summed E-state index contributed by atoms with van der Waals surface area (Å²) in [4.78, 5) is 13.7. The molecule has 0 radical (unpaired) electrons. The van der Waals surface area contributed by atoms with Crippen LogP contribution in [0.1, 0.15) is 47.5 Å². The third-order valence-electron chi connectivity index (χ3n) is 3.63. The van der Waals surface area contributed by atoms with Gasteiger partial charge < -0.3 is 4.74 Å². The van der Waals surface area contributed by atoms with Gasteiger partial charge in [-0.15, -0.1) is 0 Å². The fourth-order valence-corrected chi connectivity index (χ4v) is 3.04. The highest BCUT2D eigenvalue weighted by molar-refractivity contribution is 5.77. The Morgan fingerprint density at radius 2 is 1.69 bits per heavy atom. The number of carbonyl (C=O) groups excluding carboxylic acids is 1. The van der Waals surface area contributed by atoms with Crippen LogP contribution in [0, 0.1) is 0 Å². The van der Waals surface area contributed by atoms with Gasteiger partial charge >= 0.3 is 0 Å². The predicted octanol–water partition coefficient (Wildman–Crippen LogP) is 2.24. The maximum atomic E-state index is 11.4. The first kappa shape index (κ1) is 13.7. The van der Waals surface area contributed by atoms with E-state index in [4.69, 9.17) is 4.74 Å². The first-order chi connectivity index (χ1) is 7.19. The SMILES string of the molecule is COC1CC(C)(C)N(CC(C)=O)C(C)(C)C1. The molecule has 1 aliphatic rings. The summed E-state index contributed by atoms with van der Waals surface area (Å²) < 4.78 is 5.50. The lowest BCUT2D eigenvalue weighted by Crippen LogP contribution is -2.63. The summed E-state index contributed by atoms with van der Waals surface area (Å²) in [6, 6.07) is 0. The summed E-state index contributed by atoms with van der Waals surface area (Å²) in [5.41, 5.74) is 0.0438. The van der Waals surface area contributed by atoms with E-state index in [1.807, 2.05) is 0 Å². The number of Topliss-reactive ketones (excluding diaryl/α,β-unsaturated/α-hetero) is 1. The number of piperidine rings is 1. The highest BCUT2D eigenvalue weighted by atomic mass is 16.5. The van der Waals surface area contributed by atoms with Crippen LogP contribution in [0.15, 0.2) is 0 Å². The fourth-order valence-electron chi connectivity index (χ4n) is 3.04. The standard InChI is InChI=1S/C13H25NO2/c1-10(15)9-14-12(2,3)7-11(16-6)8-13(14,4)5/h11H,7-9H2,1-6H3. The molecule has 1 aliphatic heterocycles. The van der Waals surface area contributed by atoms with Crippen molar-refractivity contribution in [2.24, 2.45) is 0 Å². The summed E-state index contributed by atoms with van der Waals surface area (Å²) in [6.07, 6.45) is 2.27. The largest absolute Gasteiger partial charge is 0.381 e. The fraction of sp³-hybridized carbons (Fsp3) is 0.923. The highest BCUT2D eigenvalue weighted by Gasteiger charge is 2.45. The van der Waals surface area contributed by atoms with Gasteiger partial charge in [-0.1, -0.05) is 0 Å². The van der Waals surface area contributed by atoms with Crippen molar-refractivity contribution in [2.75, 3.05) is 13.7 Å². The maximum Gasteiger partial charge on any atom is 0.143 e. The third-order valence-corrected chi connectivity index (χ3v) is 3.63. The van der Waals surface area contributed by atoms with Crippen molar-refractivity contribution in [3.63, 3.8) is 0 Å². The molecular formula is C13H25NO2. The van der Waals surface area contributed by atoms with Crippen LogP contribution in [0.3, 0.4) is 0 Å². The normalized spacial score (nSPS) is 25.6. The van der Waals surface area contributed by atoms with Gasteiger partial charge in [0.15, 0.2) is 0 Å². The molecule has 0 unspecified atom stereocenters. The molecule has 1 saturated heterocycles. The molecule has 0 aromatic heterocycles. The number of ether oxygens (including phenoxy) is 1. The summed E-state index contributed by atoms with van der Waals surface area (Å²) in [5.74, 6) is 0.233. The topological polar surface area (TPSA) is 29.5 Å². The lowest BCUT2D eigenvalue weighted by molar-refractivity contribution is -0.130. The van der Waals surface area contributed by atoms with Crippen LogP contribution in [0.25, 0.3) is 0 Å². The number of carbonyl (C=O) groups is 1. The van der Waals surface area contributed by atoms with E-state index in [1.165, 1.54) is 0 Å². The lowest BCUT2D eigenvalue weighted by atomic mass is 9.78. The van der Waals surface area contributed by atoms with Crippen molar-refractivity contribution in [1.82, 2.24) is 4.90 Å². The summed E-state index contributed by atoms with van der Waals surface area (Å²) in [5, 5.41) is 0. The second-order valence-corrected chi connectivity index (χ2v) is 6.18. The van der Waals surface area contributed by atoms with Crippen LogP contribution in [0.2, 0.25) is 0 Å². The number of rotatable bonds is 3. The second-order valence-electron chi connectivity index (χ2n) is 6.18. The third kappa shape index (κ3) is 2.83. The molecule has 94 valence electrons. The maximum absolute atomic E-state index is 11.4. The Morgan fingerprint density at radius 3 is 2.00 bits per heavy atom. The van der Waals surface area contributed by atoms with Crippen LogP contribution in [0.5, 0.6) is 0 Å². The number of likely N-dealkylation sites (tertiary alicyclic amines) is 1. The van der Waals surface area contributed by atoms with E-state index < -0.39 is 0 Å². The number of methoxy groups -OCH3 is 1. The molecule has 0 spiro atoms. The Bertz CT molecular complexity index is 253. The highest BCUT2D eigenvalue weighted by Crippen LogP contribution is 2.38. The van der Waals surface area contributed by atoms with E-state index in [1.54, 1.807) is 14.0 Å². The Hall–Kier alpha value is -0.410. The molecular weight excluding hydrogens is 202 g/mol. The van der Waals surface area contributed by atoms with Crippen LogP contribution in [0.4, 0.5) is 0 Å². The van der Waals surface area contributed by atoms with Gasteiger partial charge in [0.2, 0.25) is 0 Å². The number of nitrogens with zero attached hydrogens (tertiary/aromatic N) is 1. The second kappa shape index (κ2) is 4.46. The van der Waals surface area contributed by atoms with Gasteiger partial charge in [0.25, 0.3) is 0 Å². The zero-order valence-electron chi connectivity index (χ0n) is 11.5. The van der Waals surface area contributed by atoms with Crippen molar-refractivity contribution in [2.45, 2.75) is 64.6 Å². The van der Waals surface area contributed by atoms with Crippen molar-refractivity contribution in [3.8, 4) is 0 Å². The van der Waals surface area contributed by atoms with E-state index in [2.05, 4.69) is 32.6 Å². The van der Waals surface area contributed by atoms with Crippen LogP contribution in [-0.2, 0) is 9.53 Å². The molecule has 0 aromatic rings. The Labute approximate surface area is 99.1 Å². The first-order valence-electron chi connectivity index (χ1n) is 5.99. The lowest BCUT2D eigenvalue weighted by Gasteiger charge is -2.54. The van der Waals surface area contributed by atoms with Gasteiger partial charge in [0.1, 0.15) is 5.78 Å². The summed E-state index contributed by atoms with van der Waals surface area (Å²) in [7, 11) is 1.78. The first-order valence-corrected chi connectivity index (χ1v) is 5.99.